The van der Waals surface area contributed by atoms with Gasteiger partial charge in [-0.05, 0) is 25.0 Å². The Morgan fingerprint density at radius 3 is 3.09 bits per heavy atom. The average molecular weight is 410 g/mol. The molecular formula is C14H12BrN5OS2. The minimum atomic E-state index is 0.580. The molecule has 0 radical (unpaired) electrons. The van der Waals surface area contributed by atoms with Crippen LogP contribution in [0, 0.1) is 0 Å². The summed E-state index contributed by atoms with van der Waals surface area (Å²) in [6.07, 6.45) is 2.45. The number of aromatic nitrogens is 4. The predicted octanol–water partition coefficient (Wildman–Crippen LogP) is 4.22. The molecule has 23 heavy (non-hydrogen) atoms. The Morgan fingerprint density at radius 1 is 1.35 bits per heavy atom. The molecule has 3 aromatic rings. The van der Waals surface area contributed by atoms with Crippen molar-refractivity contribution < 1.29 is 4.52 Å². The monoisotopic (exact) mass is 409 g/mol. The van der Waals surface area contributed by atoms with E-state index in [9.17, 15) is 0 Å². The maximum absolute atomic E-state index is 5.31. The lowest BCUT2D eigenvalue weighted by Gasteiger charge is -1.94. The third kappa shape index (κ3) is 3.91. The Labute approximate surface area is 149 Å². The van der Waals surface area contributed by atoms with Gasteiger partial charge >= 0.3 is 0 Å². The van der Waals surface area contributed by atoms with Crippen LogP contribution in [-0.4, -0.2) is 26.4 Å². The van der Waals surface area contributed by atoms with Crippen LogP contribution >= 0.6 is 39.0 Å². The molecule has 0 atom stereocenters. The van der Waals surface area contributed by atoms with E-state index in [0.717, 1.165) is 19.5 Å². The summed E-state index contributed by atoms with van der Waals surface area (Å²) in [4.78, 5) is 4.42. The summed E-state index contributed by atoms with van der Waals surface area (Å²) in [5.74, 6) is 1.76. The van der Waals surface area contributed by atoms with E-state index in [1.807, 2.05) is 24.3 Å². The molecule has 1 aliphatic carbocycles. The maximum atomic E-state index is 5.31. The first-order valence-corrected chi connectivity index (χ1v) is 9.67. The number of halogens is 1. The standard InChI is InChI=1S/C14H12BrN5OS2/c15-9-3-1-2-8(6-9)12-17-11(21-20-12)7-22-14-19-18-13(23-14)16-10-4-5-10/h1-3,6,10H,4-5,7H2,(H,16,18). The second-order valence-corrected chi connectivity index (χ2v) is 8.22. The fourth-order valence-corrected chi connectivity index (χ4v) is 3.98. The summed E-state index contributed by atoms with van der Waals surface area (Å²) in [5, 5.41) is 16.6. The highest BCUT2D eigenvalue weighted by Gasteiger charge is 2.22. The highest BCUT2D eigenvalue weighted by Crippen LogP contribution is 2.31. The van der Waals surface area contributed by atoms with Gasteiger partial charge in [-0.3, -0.25) is 0 Å². The van der Waals surface area contributed by atoms with Gasteiger partial charge in [0.15, 0.2) is 4.34 Å². The van der Waals surface area contributed by atoms with Crippen molar-refractivity contribution in [2.75, 3.05) is 5.32 Å². The second-order valence-electron chi connectivity index (χ2n) is 5.10. The van der Waals surface area contributed by atoms with Gasteiger partial charge in [0.2, 0.25) is 16.8 Å². The number of nitrogens with one attached hydrogen (secondary N) is 1. The van der Waals surface area contributed by atoms with Crippen molar-refractivity contribution >= 4 is 44.2 Å². The van der Waals surface area contributed by atoms with E-state index in [1.54, 1.807) is 23.1 Å². The van der Waals surface area contributed by atoms with Crippen LogP contribution in [0.5, 0.6) is 0 Å². The van der Waals surface area contributed by atoms with E-state index in [1.165, 1.54) is 12.8 Å². The zero-order valence-electron chi connectivity index (χ0n) is 11.9. The van der Waals surface area contributed by atoms with Crippen LogP contribution in [0.3, 0.4) is 0 Å². The lowest BCUT2D eigenvalue weighted by atomic mass is 10.2. The lowest BCUT2D eigenvalue weighted by molar-refractivity contribution is 0.391. The number of benzene rings is 1. The Hall–Kier alpha value is -1.45. The summed E-state index contributed by atoms with van der Waals surface area (Å²) >= 11 is 6.55. The first-order chi connectivity index (χ1) is 11.3. The van der Waals surface area contributed by atoms with Crippen molar-refractivity contribution in [3.05, 3.63) is 34.6 Å². The number of hydrogen-bond donors (Lipinski definition) is 1. The van der Waals surface area contributed by atoms with Crippen LogP contribution in [0.4, 0.5) is 5.13 Å². The van der Waals surface area contributed by atoms with E-state index < -0.39 is 0 Å². The molecule has 0 bridgehead atoms. The SMILES string of the molecule is Brc1cccc(-c2noc(CSc3nnc(NC4CC4)s3)n2)c1. The molecular weight excluding hydrogens is 398 g/mol. The largest absolute Gasteiger partial charge is 0.357 e. The van der Waals surface area contributed by atoms with Crippen molar-refractivity contribution in [2.45, 2.75) is 29.0 Å². The van der Waals surface area contributed by atoms with Crippen molar-refractivity contribution in [1.29, 1.82) is 0 Å². The van der Waals surface area contributed by atoms with Crippen molar-refractivity contribution in [3.63, 3.8) is 0 Å². The fourth-order valence-electron chi connectivity index (χ4n) is 1.91. The highest BCUT2D eigenvalue weighted by molar-refractivity contribution is 9.10. The van der Waals surface area contributed by atoms with Crippen molar-refractivity contribution in [2.24, 2.45) is 0 Å². The third-order valence-corrected chi connectivity index (χ3v) is 5.65. The Kier molecular flexibility index (Phi) is 4.32. The molecule has 1 aromatic carbocycles. The first kappa shape index (κ1) is 15.1. The zero-order chi connectivity index (χ0) is 15.6. The van der Waals surface area contributed by atoms with Crippen LogP contribution in [0.1, 0.15) is 18.7 Å². The van der Waals surface area contributed by atoms with Crippen LogP contribution in [0.15, 0.2) is 37.6 Å². The Balaban J connectivity index is 1.38. The van der Waals surface area contributed by atoms with Gasteiger partial charge in [-0.25, -0.2) is 0 Å². The van der Waals surface area contributed by atoms with E-state index in [2.05, 4.69) is 41.6 Å². The van der Waals surface area contributed by atoms with Crippen molar-refractivity contribution in [3.8, 4) is 11.4 Å². The molecule has 0 spiro atoms. The number of anilines is 1. The second kappa shape index (κ2) is 6.58. The van der Waals surface area contributed by atoms with Gasteiger partial charge < -0.3 is 9.84 Å². The summed E-state index contributed by atoms with van der Waals surface area (Å²) in [6.45, 7) is 0. The molecule has 1 fully saturated rings. The quantitative estimate of drug-likeness (QED) is 0.610. The van der Waals surface area contributed by atoms with E-state index >= 15 is 0 Å². The molecule has 118 valence electrons. The number of thioether (sulfide) groups is 1. The number of nitrogens with zero attached hydrogens (tertiary/aromatic N) is 4. The summed E-state index contributed by atoms with van der Waals surface area (Å²) in [6, 6.07) is 8.41. The molecule has 1 saturated carbocycles. The highest BCUT2D eigenvalue weighted by atomic mass is 79.9. The van der Waals surface area contributed by atoms with Crippen LogP contribution in [-0.2, 0) is 5.75 Å². The smallest absolute Gasteiger partial charge is 0.237 e. The van der Waals surface area contributed by atoms with Gasteiger partial charge in [0.25, 0.3) is 0 Å². The lowest BCUT2D eigenvalue weighted by Crippen LogP contribution is -1.99. The van der Waals surface area contributed by atoms with Crippen LogP contribution in [0.25, 0.3) is 11.4 Å². The maximum Gasteiger partial charge on any atom is 0.237 e. The molecule has 1 aliphatic rings. The molecule has 2 aromatic heterocycles. The Morgan fingerprint density at radius 2 is 2.26 bits per heavy atom. The molecule has 9 heteroatoms. The molecule has 0 saturated heterocycles. The first-order valence-electron chi connectivity index (χ1n) is 7.07. The van der Waals surface area contributed by atoms with Gasteiger partial charge in [0.05, 0.1) is 5.75 Å². The van der Waals surface area contributed by atoms with Gasteiger partial charge in [0, 0.05) is 16.1 Å². The molecule has 2 heterocycles. The summed E-state index contributed by atoms with van der Waals surface area (Å²) in [5.41, 5.74) is 0.922. The minimum absolute atomic E-state index is 0.580. The Bertz CT molecular complexity index is 817. The number of hydrogen-bond acceptors (Lipinski definition) is 8. The third-order valence-electron chi connectivity index (χ3n) is 3.18. The van der Waals surface area contributed by atoms with Gasteiger partial charge in [0.1, 0.15) is 0 Å². The normalized spacial score (nSPS) is 14.1. The molecule has 1 N–H and O–H groups in total. The molecule has 6 nitrogen and oxygen atoms in total. The molecule has 4 rings (SSSR count). The topological polar surface area (TPSA) is 76.7 Å². The fraction of sp³-hybridized carbons (Fsp3) is 0.286. The zero-order valence-corrected chi connectivity index (χ0v) is 15.1. The van der Waals surface area contributed by atoms with Crippen LogP contribution in [0.2, 0.25) is 0 Å². The van der Waals surface area contributed by atoms with Gasteiger partial charge in [-0.2, -0.15) is 4.98 Å². The summed E-state index contributed by atoms with van der Waals surface area (Å²) < 4.78 is 7.19. The average Bonchev–Trinajstić information content (AvgIpc) is 3.06. The minimum Gasteiger partial charge on any atom is -0.357 e. The molecule has 0 aliphatic heterocycles. The van der Waals surface area contributed by atoms with Crippen LogP contribution < -0.4 is 5.32 Å². The molecule has 0 unspecified atom stereocenters. The van der Waals surface area contributed by atoms with Crippen molar-refractivity contribution in [1.82, 2.24) is 20.3 Å². The number of rotatable bonds is 6. The van der Waals surface area contributed by atoms with E-state index in [-0.39, 0.29) is 0 Å². The summed E-state index contributed by atoms with van der Waals surface area (Å²) in [7, 11) is 0. The predicted molar refractivity (Wildman–Crippen MR) is 93.5 cm³/mol. The molecule has 0 amide bonds. The van der Waals surface area contributed by atoms with Gasteiger partial charge in [-0.15, -0.1) is 10.2 Å². The van der Waals surface area contributed by atoms with Gasteiger partial charge in [-0.1, -0.05) is 56.3 Å². The van der Waals surface area contributed by atoms with E-state index in [0.29, 0.717) is 23.5 Å². The van der Waals surface area contributed by atoms with E-state index in [4.69, 9.17) is 4.52 Å².